The third kappa shape index (κ3) is 5.78. The van der Waals surface area contributed by atoms with Crippen molar-refractivity contribution in [3.8, 4) is 0 Å². The summed E-state index contributed by atoms with van der Waals surface area (Å²) in [6, 6.07) is 0. The predicted molar refractivity (Wildman–Crippen MR) is 62.8 cm³/mol. The van der Waals surface area contributed by atoms with Gasteiger partial charge >= 0.3 is 11.9 Å². The van der Waals surface area contributed by atoms with Crippen LogP contribution in [-0.4, -0.2) is 68.1 Å². The zero-order valence-corrected chi connectivity index (χ0v) is 10.6. The number of nitrogens with zero attached hydrogens (tertiary/aromatic N) is 1. The number of ether oxygens (including phenoxy) is 1. The maximum absolute atomic E-state index is 11.2. The number of hydrogen-bond acceptors (Lipinski definition) is 6. The lowest BCUT2D eigenvalue weighted by molar-refractivity contribution is -0.139. The average Bonchev–Trinajstić information content (AvgIpc) is 2.29. The number of aliphatic carboxylic acids is 1. The summed E-state index contributed by atoms with van der Waals surface area (Å²) in [5, 5.41) is 8.28. The summed E-state index contributed by atoms with van der Waals surface area (Å²) in [6.45, 7) is 1.43. The van der Waals surface area contributed by atoms with Crippen molar-refractivity contribution in [2.45, 2.75) is 0 Å². The van der Waals surface area contributed by atoms with Crippen LogP contribution in [0.15, 0.2) is 12.2 Å². The van der Waals surface area contributed by atoms with Crippen molar-refractivity contribution >= 4 is 21.8 Å². The maximum atomic E-state index is 11.2. The lowest BCUT2D eigenvalue weighted by atomic mass is 10.4. The van der Waals surface area contributed by atoms with Gasteiger partial charge in [-0.2, -0.15) is 0 Å². The molecule has 1 aliphatic rings. The van der Waals surface area contributed by atoms with Crippen LogP contribution in [-0.2, 0) is 24.2 Å². The van der Waals surface area contributed by atoms with Gasteiger partial charge in [0, 0.05) is 31.8 Å². The second kappa shape index (κ2) is 6.50. The van der Waals surface area contributed by atoms with Gasteiger partial charge in [-0.1, -0.05) is 0 Å². The first-order chi connectivity index (χ1) is 8.39. The highest BCUT2D eigenvalue weighted by Crippen LogP contribution is 2.02. The Bertz CT molecular complexity index is 427. The summed E-state index contributed by atoms with van der Waals surface area (Å²) in [4.78, 5) is 23.0. The van der Waals surface area contributed by atoms with Gasteiger partial charge in [-0.15, -0.1) is 0 Å². The highest BCUT2D eigenvalue weighted by molar-refractivity contribution is 7.91. The smallest absolute Gasteiger partial charge is 0.331 e. The van der Waals surface area contributed by atoms with Crippen LogP contribution in [0.25, 0.3) is 0 Å². The van der Waals surface area contributed by atoms with Crippen molar-refractivity contribution in [1.29, 1.82) is 0 Å². The van der Waals surface area contributed by atoms with Gasteiger partial charge < -0.3 is 9.84 Å². The van der Waals surface area contributed by atoms with Crippen molar-refractivity contribution in [3.63, 3.8) is 0 Å². The molecular formula is C10H15NO6S. The van der Waals surface area contributed by atoms with E-state index in [4.69, 9.17) is 9.84 Å². The van der Waals surface area contributed by atoms with Gasteiger partial charge in [-0.3, -0.25) is 4.90 Å². The second-order valence-corrected chi connectivity index (χ2v) is 6.14. The number of hydrogen-bond donors (Lipinski definition) is 1. The van der Waals surface area contributed by atoms with Crippen LogP contribution in [0.4, 0.5) is 0 Å². The number of carbonyl (C=O) groups excluding carboxylic acids is 1. The molecule has 7 nitrogen and oxygen atoms in total. The van der Waals surface area contributed by atoms with E-state index < -0.39 is 21.8 Å². The van der Waals surface area contributed by atoms with E-state index in [0.29, 0.717) is 25.7 Å². The molecule has 1 heterocycles. The Hall–Kier alpha value is -1.41. The van der Waals surface area contributed by atoms with Crippen molar-refractivity contribution in [3.05, 3.63) is 12.2 Å². The van der Waals surface area contributed by atoms with Gasteiger partial charge in [0.25, 0.3) is 0 Å². The van der Waals surface area contributed by atoms with Crippen molar-refractivity contribution in [2.75, 3.05) is 37.7 Å². The molecule has 0 radical (unpaired) electrons. The predicted octanol–water partition coefficient (Wildman–Crippen LogP) is -1.10. The zero-order valence-electron chi connectivity index (χ0n) is 9.74. The molecule has 0 atom stereocenters. The summed E-state index contributed by atoms with van der Waals surface area (Å²) >= 11 is 0. The quantitative estimate of drug-likeness (QED) is 0.503. The fourth-order valence-corrected chi connectivity index (χ4v) is 2.71. The number of carboxylic acid groups (broad SMARTS) is 1. The van der Waals surface area contributed by atoms with E-state index >= 15 is 0 Å². The Balaban J connectivity index is 2.19. The van der Waals surface area contributed by atoms with Crippen molar-refractivity contribution in [2.24, 2.45) is 0 Å². The molecule has 8 heteroatoms. The highest BCUT2D eigenvalue weighted by Gasteiger charge is 2.21. The van der Waals surface area contributed by atoms with Gasteiger partial charge in [0.05, 0.1) is 11.5 Å². The molecule has 0 unspecified atom stereocenters. The molecule has 0 saturated carbocycles. The maximum Gasteiger partial charge on any atom is 0.331 e. The van der Waals surface area contributed by atoms with Crippen LogP contribution in [0, 0.1) is 0 Å². The number of rotatable bonds is 5. The first-order valence-electron chi connectivity index (χ1n) is 5.39. The molecule has 18 heavy (non-hydrogen) atoms. The number of esters is 1. The normalized spacial score (nSPS) is 19.8. The van der Waals surface area contributed by atoms with Crippen molar-refractivity contribution < 1.29 is 27.9 Å². The SMILES string of the molecule is O=C(O)/C=C\C(=O)OCCN1CCS(=O)(=O)CC1. The molecule has 0 amide bonds. The molecule has 0 aromatic rings. The molecule has 1 aliphatic heterocycles. The summed E-state index contributed by atoms with van der Waals surface area (Å²) in [5.74, 6) is -1.69. The summed E-state index contributed by atoms with van der Waals surface area (Å²) in [6.07, 6.45) is 1.54. The minimum atomic E-state index is -2.90. The molecule has 0 bridgehead atoms. The van der Waals surface area contributed by atoms with Crippen LogP contribution in [0.2, 0.25) is 0 Å². The summed E-state index contributed by atoms with van der Waals surface area (Å²) in [7, 11) is -2.90. The Morgan fingerprint density at radius 3 is 2.39 bits per heavy atom. The summed E-state index contributed by atoms with van der Waals surface area (Å²) in [5.41, 5.74) is 0. The third-order valence-electron chi connectivity index (χ3n) is 2.45. The van der Waals surface area contributed by atoms with Gasteiger partial charge in [0.15, 0.2) is 9.84 Å². The molecule has 1 N–H and O–H groups in total. The fourth-order valence-electron chi connectivity index (χ4n) is 1.44. The van der Waals surface area contributed by atoms with E-state index in [-0.39, 0.29) is 18.1 Å². The van der Waals surface area contributed by atoms with Gasteiger partial charge in [-0.25, -0.2) is 18.0 Å². The van der Waals surface area contributed by atoms with Crippen LogP contribution in [0.1, 0.15) is 0 Å². The summed E-state index contributed by atoms with van der Waals surface area (Å²) < 4.78 is 27.1. The molecule has 1 fully saturated rings. The van der Waals surface area contributed by atoms with E-state index in [9.17, 15) is 18.0 Å². The third-order valence-corrected chi connectivity index (χ3v) is 4.06. The molecular weight excluding hydrogens is 262 g/mol. The monoisotopic (exact) mass is 277 g/mol. The van der Waals surface area contributed by atoms with Crippen LogP contribution < -0.4 is 0 Å². The van der Waals surface area contributed by atoms with Crippen LogP contribution in [0.3, 0.4) is 0 Å². The Morgan fingerprint density at radius 2 is 1.83 bits per heavy atom. The number of carbonyl (C=O) groups is 2. The molecule has 0 aromatic heterocycles. The van der Waals surface area contributed by atoms with E-state index in [1.54, 1.807) is 0 Å². The molecule has 1 saturated heterocycles. The topological polar surface area (TPSA) is 101 Å². The first kappa shape index (κ1) is 14.7. The van der Waals surface area contributed by atoms with E-state index in [0.717, 1.165) is 6.08 Å². The number of sulfone groups is 1. The van der Waals surface area contributed by atoms with Crippen LogP contribution >= 0.6 is 0 Å². The van der Waals surface area contributed by atoms with E-state index in [1.165, 1.54) is 0 Å². The Morgan fingerprint density at radius 1 is 1.22 bits per heavy atom. The van der Waals surface area contributed by atoms with E-state index in [1.807, 2.05) is 4.90 Å². The zero-order chi connectivity index (χ0) is 13.6. The minimum Gasteiger partial charge on any atom is -0.478 e. The molecule has 0 aliphatic carbocycles. The van der Waals surface area contributed by atoms with Gasteiger partial charge in [-0.05, 0) is 0 Å². The largest absolute Gasteiger partial charge is 0.478 e. The first-order valence-corrected chi connectivity index (χ1v) is 7.22. The number of carboxylic acids is 1. The highest BCUT2D eigenvalue weighted by atomic mass is 32.2. The Kier molecular flexibility index (Phi) is 5.29. The lowest BCUT2D eigenvalue weighted by Gasteiger charge is -2.25. The Labute approximate surface area is 105 Å². The molecule has 0 spiro atoms. The average molecular weight is 277 g/mol. The lowest BCUT2D eigenvalue weighted by Crippen LogP contribution is -2.41. The van der Waals surface area contributed by atoms with Gasteiger partial charge in [0.2, 0.25) is 0 Å². The molecule has 1 rings (SSSR count). The fraction of sp³-hybridized carbons (Fsp3) is 0.600. The standard InChI is InChI=1S/C10H15NO6S/c12-9(13)1-2-10(14)17-6-3-11-4-7-18(15,16)8-5-11/h1-2H,3-8H2,(H,12,13)/b2-1-. The minimum absolute atomic E-state index is 0.114. The second-order valence-electron chi connectivity index (χ2n) is 3.83. The van der Waals surface area contributed by atoms with Crippen LogP contribution in [0.5, 0.6) is 0 Å². The van der Waals surface area contributed by atoms with E-state index in [2.05, 4.69) is 0 Å². The van der Waals surface area contributed by atoms with Gasteiger partial charge in [0.1, 0.15) is 6.61 Å². The molecule has 102 valence electrons. The molecule has 0 aromatic carbocycles. The van der Waals surface area contributed by atoms with Crippen molar-refractivity contribution in [1.82, 2.24) is 4.90 Å².